The first-order valence-corrected chi connectivity index (χ1v) is 9.87. The van der Waals surface area contributed by atoms with E-state index in [0.717, 1.165) is 0 Å². The molecule has 0 fully saturated rings. The molecule has 26 heavy (non-hydrogen) atoms. The van der Waals surface area contributed by atoms with Gasteiger partial charge in [-0.05, 0) is 25.7 Å². The van der Waals surface area contributed by atoms with Crippen LogP contribution < -0.4 is 0 Å². The Morgan fingerprint density at radius 3 is 1.04 bits per heavy atom. The minimum Gasteiger partial charge on any atom is -0.450 e. The number of carbonyl (C=O) groups is 2. The maximum absolute atomic E-state index is 8.56. The predicted octanol–water partition coefficient (Wildman–Crippen LogP) is 7.49. The lowest BCUT2D eigenvalue weighted by molar-refractivity contribution is 0.135. The Kier molecular flexibility index (Phi) is 31.4. The SMILES string of the molecule is CCCCCCCC/C=C\CCCCCCCC.O=C(O)O.O=C(O)O. The molecule has 6 nitrogen and oxygen atoms in total. The van der Waals surface area contributed by atoms with Crippen LogP contribution in [-0.4, -0.2) is 32.7 Å². The zero-order chi connectivity index (χ0) is 20.5. The van der Waals surface area contributed by atoms with Crippen LogP contribution in [0.1, 0.15) is 104 Å². The van der Waals surface area contributed by atoms with E-state index in [9.17, 15) is 0 Å². The molecule has 0 rings (SSSR count). The highest BCUT2D eigenvalue weighted by Gasteiger charge is 1.89. The van der Waals surface area contributed by atoms with Crippen molar-refractivity contribution in [3.05, 3.63) is 12.2 Å². The van der Waals surface area contributed by atoms with Gasteiger partial charge in [0.25, 0.3) is 0 Å². The maximum atomic E-state index is 8.56. The van der Waals surface area contributed by atoms with Crippen LogP contribution in [0.4, 0.5) is 9.59 Å². The van der Waals surface area contributed by atoms with Crippen LogP contribution in [-0.2, 0) is 0 Å². The molecule has 0 saturated heterocycles. The molecule has 0 spiro atoms. The number of carboxylic acid groups (broad SMARTS) is 4. The molecular formula is C20H40O6. The molecule has 0 amide bonds. The van der Waals surface area contributed by atoms with Gasteiger partial charge in [0, 0.05) is 0 Å². The molecule has 0 aromatic heterocycles. The van der Waals surface area contributed by atoms with E-state index in [1.807, 2.05) is 0 Å². The first-order chi connectivity index (χ1) is 12.4. The second kappa shape index (κ2) is 28.1. The Morgan fingerprint density at radius 2 is 0.769 bits per heavy atom. The molecule has 4 N–H and O–H groups in total. The van der Waals surface area contributed by atoms with Crippen molar-refractivity contribution < 1.29 is 30.0 Å². The van der Waals surface area contributed by atoms with E-state index in [2.05, 4.69) is 26.0 Å². The lowest BCUT2D eigenvalue weighted by Gasteiger charge is -1.98. The average Bonchev–Trinajstić information content (AvgIpc) is 2.54. The number of hydrogen-bond donors (Lipinski definition) is 4. The van der Waals surface area contributed by atoms with Crippen LogP contribution in [0.25, 0.3) is 0 Å². The van der Waals surface area contributed by atoms with Gasteiger partial charge >= 0.3 is 12.3 Å². The molecule has 0 radical (unpaired) electrons. The van der Waals surface area contributed by atoms with E-state index >= 15 is 0 Å². The summed E-state index contributed by atoms with van der Waals surface area (Å²) in [6, 6.07) is 0. The van der Waals surface area contributed by atoms with Gasteiger partial charge in [0.1, 0.15) is 0 Å². The Balaban J connectivity index is -0.000000551. The van der Waals surface area contributed by atoms with Gasteiger partial charge in [0.15, 0.2) is 0 Å². The summed E-state index contributed by atoms with van der Waals surface area (Å²) in [7, 11) is 0. The first kappa shape index (κ1) is 29.1. The van der Waals surface area contributed by atoms with Gasteiger partial charge in [-0.3, -0.25) is 0 Å². The lowest BCUT2D eigenvalue weighted by atomic mass is 10.1. The van der Waals surface area contributed by atoms with Crippen molar-refractivity contribution in [2.45, 2.75) is 104 Å². The van der Waals surface area contributed by atoms with Crippen molar-refractivity contribution >= 4 is 12.3 Å². The normalized spacial score (nSPS) is 9.77. The molecule has 0 heterocycles. The second-order valence-corrected chi connectivity index (χ2v) is 6.15. The zero-order valence-electron chi connectivity index (χ0n) is 16.7. The number of unbranched alkanes of at least 4 members (excludes halogenated alkanes) is 12. The van der Waals surface area contributed by atoms with Crippen molar-refractivity contribution in [1.29, 1.82) is 0 Å². The van der Waals surface area contributed by atoms with Crippen molar-refractivity contribution in [1.82, 2.24) is 0 Å². The van der Waals surface area contributed by atoms with Gasteiger partial charge in [-0.25, -0.2) is 9.59 Å². The summed E-state index contributed by atoms with van der Waals surface area (Å²) in [6.45, 7) is 4.57. The van der Waals surface area contributed by atoms with Crippen LogP contribution in [0.2, 0.25) is 0 Å². The Morgan fingerprint density at radius 1 is 0.538 bits per heavy atom. The fourth-order valence-electron chi connectivity index (χ4n) is 2.32. The van der Waals surface area contributed by atoms with Crippen LogP contribution in [0.15, 0.2) is 12.2 Å². The number of hydrogen-bond acceptors (Lipinski definition) is 2. The molecule has 0 aromatic rings. The van der Waals surface area contributed by atoms with Crippen molar-refractivity contribution in [3.63, 3.8) is 0 Å². The van der Waals surface area contributed by atoms with Gasteiger partial charge in [-0.1, -0.05) is 90.2 Å². The molecule has 0 unspecified atom stereocenters. The van der Waals surface area contributed by atoms with Crippen LogP contribution >= 0.6 is 0 Å². The summed E-state index contributed by atoms with van der Waals surface area (Å²) < 4.78 is 0. The summed E-state index contributed by atoms with van der Waals surface area (Å²) >= 11 is 0. The highest BCUT2D eigenvalue weighted by molar-refractivity contribution is 5.53. The van der Waals surface area contributed by atoms with Crippen molar-refractivity contribution in [2.24, 2.45) is 0 Å². The standard InChI is InChI=1S/C18H36.2CH2O3/c1-3-5-7-9-11-13-15-17-18-16-14-12-10-8-6-4-2;2*2-1(3)4/h17-18H,3-16H2,1-2H3;2*(H2,2,3,4)/b18-17-;;. The fourth-order valence-corrected chi connectivity index (χ4v) is 2.32. The van der Waals surface area contributed by atoms with Gasteiger partial charge in [-0.2, -0.15) is 0 Å². The maximum Gasteiger partial charge on any atom is 0.503 e. The number of allylic oxidation sites excluding steroid dienone is 2. The minimum atomic E-state index is -1.83. The van der Waals surface area contributed by atoms with E-state index in [4.69, 9.17) is 30.0 Å². The Labute approximate surface area is 158 Å². The molecule has 0 bridgehead atoms. The monoisotopic (exact) mass is 376 g/mol. The second-order valence-electron chi connectivity index (χ2n) is 6.15. The van der Waals surface area contributed by atoms with E-state index in [-0.39, 0.29) is 0 Å². The summed E-state index contributed by atoms with van der Waals surface area (Å²) in [5.41, 5.74) is 0. The third-order valence-corrected chi connectivity index (χ3v) is 3.62. The Bertz CT molecular complexity index is 277. The molecular weight excluding hydrogens is 336 g/mol. The largest absolute Gasteiger partial charge is 0.503 e. The highest BCUT2D eigenvalue weighted by atomic mass is 16.6. The zero-order valence-corrected chi connectivity index (χ0v) is 16.7. The molecule has 156 valence electrons. The molecule has 6 heteroatoms. The Hall–Kier alpha value is -1.72. The van der Waals surface area contributed by atoms with Gasteiger partial charge in [-0.15, -0.1) is 0 Å². The first-order valence-electron chi connectivity index (χ1n) is 9.87. The fraction of sp³-hybridized carbons (Fsp3) is 0.800. The molecule has 0 aromatic carbocycles. The molecule has 0 aliphatic carbocycles. The van der Waals surface area contributed by atoms with Crippen molar-refractivity contribution in [3.8, 4) is 0 Å². The van der Waals surface area contributed by atoms with E-state index in [0.29, 0.717) is 0 Å². The average molecular weight is 377 g/mol. The van der Waals surface area contributed by atoms with Gasteiger partial charge in [0.2, 0.25) is 0 Å². The summed E-state index contributed by atoms with van der Waals surface area (Å²) in [4.78, 5) is 17.1. The van der Waals surface area contributed by atoms with E-state index in [1.165, 1.54) is 89.9 Å². The van der Waals surface area contributed by atoms with E-state index in [1.54, 1.807) is 0 Å². The van der Waals surface area contributed by atoms with Gasteiger partial charge < -0.3 is 20.4 Å². The lowest BCUT2D eigenvalue weighted by Crippen LogP contribution is -1.81. The molecule has 0 aliphatic heterocycles. The van der Waals surface area contributed by atoms with Crippen molar-refractivity contribution in [2.75, 3.05) is 0 Å². The highest BCUT2D eigenvalue weighted by Crippen LogP contribution is 2.09. The van der Waals surface area contributed by atoms with Gasteiger partial charge in [0.05, 0.1) is 0 Å². The molecule has 0 aliphatic rings. The third kappa shape index (κ3) is 57.2. The minimum absolute atomic E-state index is 1.31. The van der Waals surface area contributed by atoms with Crippen LogP contribution in [0.3, 0.4) is 0 Å². The number of rotatable bonds is 14. The quantitative estimate of drug-likeness (QED) is 0.184. The van der Waals surface area contributed by atoms with E-state index < -0.39 is 12.3 Å². The topological polar surface area (TPSA) is 115 Å². The summed E-state index contributed by atoms with van der Waals surface area (Å²) in [5, 5.41) is 27.9. The van der Waals surface area contributed by atoms with Crippen LogP contribution in [0, 0.1) is 0 Å². The smallest absolute Gasteiger partial charge is 0.450 e. The predicted molar refractivity (Wildman–Crippen MR) is 106 cm³/mol. The molecule has 0 saturated carbocycles. The molecule has 0 atom stereocenters. The summed E-state index contributed by atoms with van der Waals surface area (Å²) in [5.74, 6) is 0. The summed E-state index contributed by atoms with van der Waals surface area (Å²) in [6.07, 6.45) is 20.8. The third-order valence-electron chi connectivity index (χ3n) is 3.62. The van der Waals surface area contributed by atoms with Crippen LogP contribution in [0.5, 0.6) is 0 Å².